The summed E-state index contributed by atoms with van der Waals surface area (Å²) in [7, 11) is 0. The molecule has 40 heavy (non-hydrogen) atoms. The summed E-state index contributed by atoms with van der Waals surface area (Å²) >= 11 is 0. The largest absolute Gasteiger partial charge is 0.480 e. The van der Waals surface area contributed by atoms with Gasteiger partial charge in [-0.3, -0.25) is 19.2 Å². The maximum Gasteiger partial charge on any atom is 0.329 e. The molecule has 0 radical (unpaired) electrons. The first-order chi connectivity index (χ1) is 17.9. The summed E-state index contributed by atoms with van der Waals surface area (Å²) in [5.74, 6) is -4.10. The van der Waals surface area contributed by atoms with Crippen molar-refractivity contribution in [3.63, 3.8) is 0 Å². The van der Waals surface area contributed by atoms with Crippen LogP contribution in [0.25, 0.3) is 0 Å². The first-order valence-electron chi connectivity index (χ1n) is 13.1. The molecule has 0 saturated carbocycles. The molecule has 1 fully saturated rings. The van der Waals surface area contributed by atoms with E-state index in [4.69, 9.17) is 28.4 Å². The molecule has 1 N–H and O–H groups in total. The minimum absolute atomic E-state index is 0.464. The van der Waals surface area contributed by atoms with Gasteiger partial charge >= 0.3 is 29.8 Å². The van der Waals surface area contributed by atoms with Crippen LogP contribution in [0.1, 0.15) is 83.1 Å². The highest BCUT2D eigenvalue weighted by atomic mass is 16.7. The lowest BCUT2D eigenvalue weighted by Crippen LogP contribution is -2.64. The molecule has 0 aromatic rings. The highest BCUT2D eigenvalue weighted by molar-refractivity contribution is 5.78. The molecule has 5 atom stereocenters. The average molecular weight is 575 g/mol. The molecule has 0 aromatic carbocycles. The van der Waals surface area contributed by atoms with E-state index in [1.165, 1.54) is 0 Å². The Labute approximate surface area is 236 Å². The maximum absolute atomic E-state index is 13.1. The van der Waals surface area contributed by atoms with Crippen LogP contribution in [0.2, 0.25) is 0 Å². The van der Waals surface area contributed by atoms with Gasteiger partial charge in [0.25, 0.3) is 0 Å². The van der Waals surface area contributed by atoms with Crippen molar-refractivity contribution in [1.29, 1.82) is 0 Å². The molecule has 1 aliphatic heterocycles. The van der Waals surface area contributed by atoms with Gasteiger partial charge < -0.3 is 33.5 Å². The quantitative estimate of drug-likeness (QED) is 0.333. The Morgan fingerprint density at radius 3 is 1.35 bits per heavy atom. The second kappa shape index (κ2) is 12.8. The third-order valence-electron chi connectivity index (χ3n) is 5.52. The van der Waals surface area contributed by atoms with E-state index in [1.807, 2.05) is 0 Å². The Kier molecular flexibility index (Phi) is 11.3. The van der Waals surface area contributed by atoms with Crippen molar-refractivity contribution in [2.45, 2.75) is 114 Å². The van der Waals surface area contributed by atoms with Crippen molar-refractivity contribution < 1.29 is 57.5 Å². The van der Waals surface area contributed by atoms with E-state index in [2.05, 4.69) is 0 Å². The monoisotopic (exact) mass is 574 g/mol. The summed E-state index contributed by atoms with van der Waals surface area (Å²) in [4.78, 5) is 63.0. The number of esters is 4. The van der Waals surface area contributed by atoms with E-state index < -0.39 is 95.4 Å². The number of aliphatic carboxylic acids is 1. The van der Waals surface area contributed by atoms with Crippen molar-refractivity contribution in [3.8, 4) is 0 Å². The van der Waals surface area contributed by atoms with Crippen molar-refractivity contribution in [2.75, 3.05) is 13.2 Å². The third-order valence-corrected chi connectivity index (χ3v) is 5.52. The van der Waals surface area contributed by atoms with Crippen molar-refractivity contribution in [1.82, 2.24) is 0 Å². The van der Waals surface area contributed by atoms with Gasteiger partial charge in [-0.05, 0) is 83.1 Å². The van der Waals surface area contributed by atoms with E-state index >= 15 is 0 Å². The van der Waals surface area contributed by atoms with E-state index in [0.717, 1.165) is 0 Å². The van der Waals surface area contributed by atoms with Gasteiger partial charge in [-0.25, -0.2) is 4.79 Å². The third kappa shape index (κ3) is 10.3. The molecule has 1 aliphatic rings. The van der Waals surface area contributed by atoms with Crippen LogP contribution < -0.4 is 0 Å². The molecule has 230 valence electrons. The van der Waals surface area contributed by atoms with Gasteiger partial charge in [0, 0.05) is 0 Å². The standard InChI is InChI=1S/C28H46O12/c1-25(2,3)21(31)36-13-15-17(38-22(32)26(4,5)6)18(39-23(33)27(7,8)9)19(40-24(34)28(10,11)12)20(37-15)35-14-16(29)30/h15,17-20H,13-14H2,1-12H3,(H,29,30)/t15-,17-,18+,19-,20?/m1/s1. The second-order valence-electron chi connectivity index (χ2n) is 14.0. The fourth-order valence-electron chi connectivity index (χ4n) is 2.98. The summed E-state index contributed by atoms with van der Waals surface area (Å²) in [5, 5.41) is 9.24. The predicted molar refractivity (Wildman–Crippen MR) is 141 cm³/mol. The Morgan fingerprint density at radius 2 is 0.975 bits per heavy atom. The first-order valence-corrected chi connectivity index (χ1v) is 13.1. The van der Waals surface area contributed by atoms with Gasteiger partial charge in [-0.2, -0.15) is 0 Å². The number of carboxylic acid groups (broad SMARTS) is 1. The van der Waals surface area contributed by atoms with E-state index in [-0.39, 0.29) is 0 Å². The zero-order chi connectivity index (χ0) is 31.4. The van der Waals surface area contributed by atoms with Crippen molar-refractivity contribution in [2.24, 2.45) is 21.7 Å². The van der Waals surface area contributed by atoms with Gasteiger partial charge in [-0.15, -0.1) is 0 Å². The van der Waals surface area contributed by atoms with Crippen LogP contribution in [0, 0.1) is 21.7 Å². The lowest BCUT2D eigenvalue weighted by molar-refractivity contribution is -0.311. The van der Waals surface area contributed by atoms with Gasteiger partial charge in [0.1, 0.15) is 19.3 Å². The molecule has 0 amide bonds. The Hall–Kier alpha value is -2.73. The van der Waals surface area contributed by atoms with Crippen LogP contribution in [-0.4, -0.2) is 78.9 Å². The highest BCUT2D eigenvalue weighted by Gasteiger charge is 2.55. The predicted octanol–water partition coefficient (Wildman–Crippen LogP) is 3.28. The number of ether oxygens (including phenoxy) is 6. The maximum atomic E-state index is 13.1. The fourth-order valence-corrected chi connectivity index (χ4v) is 2.98. The SMILES string of the molecule is CC(C)(C)C(=O)OC[C@H]1OC(OCC(=O)O)[C@H](OC(=O)C(C)(C)C)[C@@H](OC(=O)C(C)(C)C)[C@@H]1OC(=O)C(C)(C)C. The van der Waals surface area contributed by atoms with Crippen LogP contribution in [0.15, 0.2) is 0 Å². The Balaban J connectivity index is 3.71. The zero-order valence-corrected chi connectivity index (χ0v) is 25.7. The molecule has 1 rings (SSSR count). The first kappa shape index (κ1) is 35.3. The van der Waals surface area contributed by atoms with E-state index in [0.29, 0.717) is 0 Å². The van der Waals surface area contributed by atoms with Crippen LogP contribution in [-0.2, 0) is 52.4 Å². The normalized spacial score (nSPS) is 24.1. The molecule has 0 bridgehead atoms. The number of hydrogen-bond donors (Lipinski definition) is 1. The molecular weight excluding hydrogens is 528 g/mol. The molecule has 1 unspecified atom stereocenters. The number of rotatable bonds is 8. The number of carbonyl (C=O) groups excluding carboxylic acids is 4. The lowest BCUT2D eigenvalue weighted by atomic mass is 9.93. The minimum Gasteiger partial charge on any atom is -0.480 e. The second-order valence-corrected chi connectivity index (χ2v) is 14.0. The van der Waals surface area contributed by atoms with Crippen LogP contribution >= 0.6 is 0 Å². The molecule has 0 aliphatic carbocycles. The molecule has 12 nitrogen and oxygen atoms in total. The molecule has 0 spiro atoms. The van der Waals surface area contributed by atoms with Crippen molar-refractivity contribution >= 4 is 29.8 Å². The fraction of sp³-hybridized carbons (Fsp3) is 0.821. The summed E-state index contributed by atoms with van der Waals surface area (Å²) in [6.45, 7) is 18.0. The Bertz CT molecular complexity index is 942. The Morgan fingerprint density at radius 1 is 0.600 bits per heavy atom. The number of carbonyl (C=O) groups is 5. The summed E-state index contributed by atoms with van der Waals surface area (Å²) in [5.41, 5.74) is -3.93. The van der Waals surface area contributed by atoms with Gasteiger partial charge in [0.2, 0.25) is 0 Å². The summed E-state index contributed by atoms with van der Waals surface area (Å²) in [6, 6.07) is 0. The highest BCUT2D eigenvalue weighted by Crippen LogP contribution is 2.34. The molecular formula is C28H46O12. The van der Waals surface area contributed by atoms with Crippen LogP contribution in [0.4, 0.5) is 0 Å². The minimum atomic E-state index is -1.58. The van der Waals surface area contributed by atoms with E-state index in [1.54, 1.807) is 83.1 Å². The smallest absolute Gasteiger partial charge is 0.329 e. The molecule has 1 heterocycles. The topological polar surface area (TPSA) is 161 Å². The number of carboxylic acids is 1. The average Bonchev–Trinajstić information content (AvgIpc) is 2.76. The summed E-state index contributed by atoms with van der Waals surface area (Å²) < 4.78 is 34.1. The van der Waals surface area contributed by atoms with Gasteiger partial charge in [0.05, 0.1) is 21.7 Å². The van der Waals surface area contributed by atoms with Crippen LogP contribution in [0.5, 0.6) is 0 Å². The van der Waals surface area contributed by atoms with Crippen molar-refractivity contribution in [3.05, 3.63) is 0 Å². The summed E-state index contributed by atoms with van der Waals surface area (Å²) in [6.07, 6.45) is -7.32. The van der Waals surface area contributed by atoms with Gasteiger partial charge in [0.15, 0.2) is 24.6 Å². The molecule has 12 heteroatoms. The van der Waals surface area contributed by atoms with Gasteiger partial charge in [-0.1, -0.05) is 0 Å². The van der Waals surface area contributed by atoms with Crippen LogP contribution in [0.3, 0.4) is 0 Å². The molecule has 1 saturated heterocycles. The lowest BCUT2D eigenvalue weighted by Gasteiger charge is -2.45. The number of hydrogen-bond acceptors (Lipinski definition) is 11. The van der Waals surface area contributed by atoms with E-state index in [9.17, 15) is 29.1 Å². The molecule has 0 aromatic heterocycles. The zero-order valence-electron chi connectivity index (χ0n) is 25.7.